The average molecular weight is 706 g/mol. The summed E-state index contributed by atoms with van der Waals surface area (Å²) in [6, 6.07) is 58.7. The Labute approximate surface area is 320 Å². The van der Waals surface area contributed by atoms with Crippen molar-refractivity contribution >= 4 is 17.2 Å². The van der Waals surface area contributed by atoms with Gasteiger partial charge < -0.3 is 4.90 Å². The summed E-state index contributed by atoms with van der Waals surface area (Å²) in [7, 11) is 0. The van der Waals surface area contributed by atoms with Gasteiger partial charge in [0.15, 0.2) is 17.5 Å². The maximum Gasteiger partial charge on any atom is 0.164 e. The molecule has 6 aromatic carbocycles. The van der Waals surface area contributed by atoms with Gasteiger partial charge in [-0.05, 0) is 40.0 Å². The van der Waals surface area contributed by atoms with Crippen LogP contribution < -0.4 is 0 Å². The van der Waals surface area contributed by atoms with Crippen LogP contribution in [0.4, 0.5) is 0 Å². The van der Waals surface area contributed by atoms with Gasteiger partial charge in [0.05, 0.1) is 17.4 Å². The molecule has 2 atom stereocenters. The van der Waals surface area contributed by atoms with Gasteiger partial charge in [0.1, 0.15) is 5.84 Å². The standard InChI is InChI=1S/C50H35N5/c1-5-16-36(17-6-1)46-43-27-14-13-26-42(43)45-33-44(51-50(55(45)46)39-22-11-4-12-23-39)35-30-28-34(29-31-35)40-24-15-25-41(32-40)49-53-47(37-18-7-2-8-19-37)52-48(54-49)38-20-9-3-10-21-38/h1-33,42,45H. The molecule has 10 rings (SSSR count). The third-order valence-corrected chi connectivity index (χ3v) is 10.4. The van der Waals surface area contributed by atoms with Crippen molar-refractivity contribution in [2.75, 3.05) is 0 Å². The van der Waals surface area contributed by atoms with E-state index in [1.807, 2.05) is 60.7 Å². The first-order valence-corrected chi connectivity index (χ1v) is 18.6. The van der Waals surface area contributed by atoms with Crippen LogP contribution >= 0.6 is 0 Å². The largest absolute Gasteiger partial charge is 0.317 e. The summed E-state index contributed by atoms with van der Waals surface area (Å²) < 4.78 is 0. The lowest BCUT2D eigenvalue weighted by Gasteiger charge is -2.35. The van der Waals surface area contributed by atoms with E-state index in [0.29, 0.717) is 17.5 Å². The van der Waals surface area contributed by atoms with Crippen LogP contribution in [0.1, 0.15) is 16.7 Å². The smallest absolute Gasteiger partial charge is 0.164 e. The molecule has 0 bridgehead atoms. The number of hydrogen-bond donors (Lipinski definition) is 0. The molecule has 0 spiro atoms. The average Bonchev–Trinajstić information content (AvgIpc) is 3.61. The summed E-state index contributed by atoms with van der Waals surface area (Å²) in [5.41, 5.74) is 11.9. The minimum atomic E-state index is 0.0902. The lowest BCUT2D eigenvalue weighted by Crippen LogP contribution is -2.39. The minimum Gasteiger partial charge on any atom is -0.317 e. The van der Waals surface area contributed by atoms with E-state index in [4.69, 9.17) is 19.9 Å². The number of hydrogen-bond acceptors (Lipinski definition) is 5. The van der Waals surface area contributed by atoms with Crippen molar-refractivity contribution in [3.63, 3.8) is 0 Å². The maximum absolute atomic E-state index is 5.42. The molecule has 2 aliphatic heterocycles. The van der Waals surface area contributed by atoms with Crippen molar-refractivity contribution < 1.29 is 0 Å². The molecular formula is C50H35N5. The van der Waals surface area contributed by atoms with E-state index in [2.05, 4.69) is 144 Å². The Morgan fingerprint density at radius 1 is 0.418 bits per heavy atom. The van der Waals surface area contributed by atoms with Gasteiger partial charge in [-0.2, -0.15) is 0 Å². The van der Waals surface area contributed by atoms with Crippen molar-refractivity contribution in [2.24, 2.45) is 10.9 Å². The molecule has 0 saturated carbocycles. The molecule has 0 amide bonds. The highest BCUT2D eigenvalue weighted by Gasteiger charge is 2.43. The van der Waals surface area contributed by atoms with Gasteiger partial charge in [-0.25, -0.2) is 19.9 Å². The normalized spacial score (nSPS) is 17.1. The monoisotopic (exact) mass is 705 g/mol. The van der Waals surface area contributed by atoms with Crippen LogP contribution in [0.2, 0.25) is 0 Å². The third-order valence-electron chi connectivity index (χ3n) is 10.4. The van der Waals surface area contributed by atoms with Crippen molar-refractivity contribution in [1.29, 1.82) is 0 Å². The Kier molecular flexibility index (Phi) is 8.23. The SMILES string of the molecule is C1=CC2=C(c3ccccc3)N3C(c4ccccc4)=NC(c4ccc(-c5cccc(-c6nc(-c7ccccc7)nc(-c7ccccc7)n6)c5)cc4)=CC3C2C=C1. The number of rotatable bonds is 7. The molecule has 0 N–H and O–H groups in total. The molecule has 260 valence electrons. The Morgan fingerprint density at radius 2 is 0.927 bits per heavy atom. The molecule has 3 aliphatic rings. The van der Waals surface area contributed by atoms with Gasteiger partial charge in [0.25, 0.3) is 0 Å². The van der Waals surface area contributed by atoms with Gasteiger partial charge in [-0.3, -0.25) is 0 Å². The summed E-state index contributed by atoms with van der Waals surface area (Å²) in [6.45, 7) is 0. The Morgan fingerprint density at radius 3 is 1.55 bits per heavy atom. The zero-order valence-electron chi connectivity index (χ0n) is 29.9. The summed E-state index contributed by atoms with van der Waals surface area (Å²) in [5, 5.41) is 0. The van der Waals surface area contributed by atoms with Crippen molar-refractivity contribution in [1.82, 2.24) is 19.9 Å². The molecule has 0 radical (unpaired) electrons. The van der Waals surface area contributed by atoms with Crippen molar-refractivity contribution in [3.05, 3.63) is 223 Å². The fourth-order valence-corrected chi connectivity index (χ4v) is 7.80. The molecule has 2 unspecified atom stereocenters. The Bertz CT molecular complexity index is 2620. The van der Waals surface area contributed by atoms with E-state index in [1.54, 1.807) is 0 Å². The van der Waals surface area contributed by atoms with E-state index in [1.165, 1.54) is 16.8 Å². The number of amidine groups is 1. The fraction of sp³-hybridized carbons (Fsp3) is 0.0400. The van der Waals surface area contributed by atoms with E-state index in [0.717, 1.165) is 50.5 Å². The number of aromatic nitrogens is 3. The first-order chi connectivity index (χ1) is 27.3. The molecule has 0 fully saturated rings. The summed E-state index contributed by atoms with van der Waals surface area (Å²) in [5.74, 6) is 3.11. The van der Waals surface area contributed by atoms with Crippen LogP contribution in [-0.2, 0) is 0 Å². The molecule has 7 aromatic rings. The second-order valence-electron chi connectivity index (χ2n) is 13.9. The molecule has 5 nitrogen and oxygen atoms in total. The first kappa shape index (κ1) is 32.4. The Hall–Kier alpha value is -7.24. The zero-order valence-corrected chi connectivity index (χ0v) is 29.9. The van der Waals surface area contributed by atoms with Crippen LogP contribution in [-0.4, -0.2) is 31.7 Å². The maximum atomic E-state index is 5.42. The highest BCUT2D eigenvalue weighted by Crippen LogP contribution is 2.47. The van der Waals surface area contributed by atoms with Gasteiger partial charge >= 0.3 is 0 Å². The summed E-state index contributed by atoms with van der Waals surface area (Å²) in [6.07, 6.45) is 11.3. The van der Waals surface area contributed by atoms with Crippen LogP contribution in [0.15, 0.2) is 211 Å². The number of benzene rings is 6. The van der Waals surface area contributed by atoms with Crippen LogP contribution in [0.3, 0.4) is 0 Å². The van der Waals surface area contributed by atoms with Crippen molar-refractivity contribution in [2.45, 2.75) is 6.04 Å². The molecular weight excluding hydrogens is 671 g/mol. The lowest BCUT2D eigenvalue weighted by atomic mass is 9.88. The van der Waals surface area contributed by atoms with Gasteiger partial charge in [0, 0.05) is 28.2 Å². The first-order valence-electron chi connectivity index (χ1n) is 18.6. The fourth-order valence-electron chi connectivity index (χ4n) is 7.80. The van der Waals surface area contributed by atoms with E-state index in [9.17, 15) is 0 Å². The lowest BCUT2D eigenvalue weighted by molar-refractivity contribution is 0.464. The molecule has 3 heterocycles. The molecule has 0 saturated heterocycles. The van der Waals surface area contributed by atoms with E-state index >= 15 is 0 Å². The second-order valence-corrected chi connectivity index (χ2v) is 13.9. The minimum absolute atomic E-state index is 0.0902. The van der Waals surface area contributed by atoms with E-state index in [-0.39, 0.29) is 12.0 Å². The van der Waals surface area contributed by atoms with Gasteiger partial charge in [-0.1, -0.05) is 188 Å². The van der Waals surface area contributed by atoms with E-state index < -0.39 is 0 Å². The number of aliphatic imine (C=N–C) groups is 1. The Balaban J connectivity index is 1.01. The number of allylic oxidation sites excluding steroid dienone is 3. The predicted molar refractivity (Wildman–Crippen MR) is 223 cm³/mol. The highest BCUT2D eigenvalue weighted by atomic mass is 15.3. The number of fused-ring (bicyclic) bond motifs is 3. The second kappa shape index (κ2) is 14.0. The summed E-state index contributed by atoms with van der Waals surface area (Å²) in [4.78, 5) is 22.7. The van der Waals surface area contributed by atoms with Crippen LogP contribution in [0.5, 0.6) is 0 Å². The van der Waals surface area contributed by atoms with Crippen LogP contribution in [0.25, 0.3) is 56.7 Å². The molecule has 1 aliphatic carbocycles. The highest BCUT2D eigenvalue weighted by molar-refractivity contribution is 6.09. The topological polar surface area (TPSA) is 54.3 Å². The third kappa shape index (κ3) is 6.12. The van der Waals surface area contributed by atoms with Gasteiger partial charge in [0.2, 0.25) is 0 Å². The van der Waals surface area contributed by atoms with Crippen molar-refractivity contribution in [3.8, 4) is 45.3 Å². The summed E-state index contributed by atoms with van der Waals surface area (Å²) >= 11 is 0. The molecule has 5 heteroatoms. The zero-order chi connectivity index (χ0) is 36.6. The predicted octanol–water partition coefficient (Wildman–Crippen LogP) is 11.2. The van der Waals surface area contributed by atoms with Crippen LogP contribution in [0, 0.1) is 5.92 Å². The number of nitrogens with zero attached hydrogens (tertiary/aromatic N) is 5. The quantitative estimate of drug-likeness (QED) is 0.166. The van der Waals surface area contributed by atoms with Gasteiger partial charge in [-0.15, -0.1) is 0 Å². The molecule has 1 aromatic heterocycles. The molecule has 55 heavy (non-hydrogen) atoms.